The van der Waals surface area contributed by atoms with E-state index in [1.165, 1.54) is 12.1 Å². The first-order valence-corrected chi connectivity index (χ1v) is 11.3. The first-order chi connectivity index (χ1) is 16.3. The molecule has 0 bridgehead atoms. The number of aromatic nitrogens is 3. The van der Waals surface area contributed by atoms with E-state index in [1.54, 1.807) is 15.8 Å². The van der Waals surface area contributed by atoms with Crippen molar-refractivity contribution in [2.24, 2.45) is 0 Å². The van der Waals surface area contributed by atoms with Crippen LogP contribution in [0.2, 0.25) is 0 Å². The van der Waals surface area contributed by atoms with E-state index in [-0.39, 0.29) is 42.7 Å². The molecule has 4 rings (SSSR count). The SMILES string of the molecule is Cl.O=C(NCC(=O)N1CCC(Oc2ccc(C(F)(F)F)cc2)CC1)c1cn(C2CCNCC2)nn1. The monoisotopic (exact) mass is 516 g/mol. The van der Waals surface area contributed by atoms with E-state index in [9.17, 15) is 22.8 Å². The Hall–Kier alpha value is -2.86. The molecule has 192 valence electrons. The number of hydrogen-bond donors (Lipinski definition) is 2. The Morgan fingerprint density at radius 2 is 1.74 bits per heavy atom. The van der Waals surface area contributed by atoms with Gasteiger partial charge in [-0.05, 0) is 50.2 Å². The summed E-state index contributed by atoms with van der Waals surface area (Å²) in [5.41, 5.74) is -0.550. The van der Waals surface area contributed by atoms with Gasteiger partial charge in [0.15, 0.2) is 5.69 Å². The number of nitrogens with zero attached hydrogens (tertiary/aromatic N) is 4. The molecule has 2 aliphatic rings. The minimum absolute atomic E-state index is 0. The molecule has 3 heterocycles. The van der Waals surface area contributed by atoms with E-state index in [4.69, 9.17) is 4.74 Å². The van der Waals surface area contributed by atoms with Crippen LogP contribution in [0.3, 0.4) is 0 Å². The summed E-state index contributed by atoms with van der Waals surface area (Å²) in [6.07, 6.45) is -0.0387. The Morgan fingerprint density at radius 3 is 2.37 bits per heavy atom. The highest BCUT2D eigenvalue weighted by Crippen LogP contribution is 2.30. The highest BCUT2D eigenvalue weighted by molar-refractivity contribution is 5.94. The molecule has 0 saturated carbocycles. The zero-order valence-electron chi connectivity index (χ0n) is 19.0. The second-order valence-corrected chi connectivity index (χ2v) is 8.47. The molecule has 0 aliphatic carbocycles. The highest BCUT2D eigenvalue weighted by atomic mass is 35.5. The van der Waals surface area contributed by atoms with Crippen LogP contribution in [0, 0.1) is 0 Å². The average Bonchev–Trinajstić information content (AvgIpc) is 3.34. The Bertz CT molecular complexity index is 987. The molecule has 0 unspecified atom stereocenters. The van der Waals surface area contributed by atoms with Gasteiger partial charge in [0.1, 0.15) is 11.9 Å². The molecule has 2 saturated heterocycles. The molecular weight excluding hydrogens is 489 g/mol. The second-order valence-electron chi connectivity index (χ2n) is 8.47. The maximum Gasteiger partial charge on any atom is 0.416 e. The molecule has 2 aromatic rings. The molecular formula is C22H28ClF3N6O3. The lowest BCUT2D eigenvalue weighted by Crippen LogP contribution is -2.46. The van der Waals surface area contributed by atoms with Crippen LogP contribution in [0.15, 0.2) is 30.5 Å². The van der Waals surface area contributed by atoms with Gasteiger partial charge < -0.3 is 20.3 Å². The van der Waals surface area contributed by atoms with Crippen molar-refractivity contribution < 1.29 is 27.5 Å². The molecule has 2 amide bonds. The molecule has 0 spiro atoms. The fourth-order valence-electron chi connectivity index (χ4n) is 4.13. The predicted octanol–water partition coefficient (Wildman–Crippen LogP) is 2.44. The standard InChI is InChI=1S/C22H27F3N6O3.ClH/c23-22(24,25)15-1-3-17(4-2-15)34-18-7-11-30(12-8-18)20(32)13-27-21(33)19-14-31(29-28-19)16-5-9-26-10-6-16;/h1-4,14,16,18,26H,5-13H2,(H,27,33);1H. The summed E-state index contributed by atoms with van der Waals surface area (Å²) in [7, 11) is 0. The van der Waals surface area contributed by atoms with Crippen molar-refractivity contribution in [2.45, 2.75) is 44.0 Å². The van der Waals surface area contributed by atoms with Gasteiger partial charge in [0.05, 0.1) is 24.3 Å². The quantitative estimate of drug-likeness (QED) is 0.611. The summed E-state index contributed by atoms with van der Waals surface area (Å²) < 4.78 is 45.5. The maximum absolute atomic E-state index is 12.7. The number of amides is 2. The van der Waals surface area contributed by atoms with Gasteiger partial charge in [0, 0.05) is 25.9 Å². The topological polar surface area (TPSA) is 101 Å². The number of halogens is 4. The van der Waals surface area contributed by atoms with Crippen molar-refractivity contribution >= 4 is 24.2 Å². The number of carbonyl (C=O) groups is 2. The Kier molecular flexibility index (Phi) is 8.95. The number of ether oxygens (including phenoxy) is 1. The minimum atomic E-state index is -4.39. The summed E-state index contributed by atoms with van der Waals surface area (Å²) in [6, 6.07) is 4.79. The Labute approximate surface area is 206 Å². The van der Waals surface area contributed by atoms with E-state index in [1.807, 2.05) is 0 Å². The first kappa shape index (κ1) is 26.7. The van der Waals surface area contributed by atoms with Gasteiger partial charge in [0.2, 0.25) is 5.91 Å². The van der Waals surface area contributed by atoms with Crippen molar-refractivity contribution in [3.8, 4) is 5.75 Å². The number of piperidine rings is 2. The summed E-state index contributed by atoms with van der Waals surface area (Å²) in [5.74, 6) is -0.302. The van der Waals surface area contributed by atoms with Gasteiger partial charge in [-0.25, -0.2) is 4.68 Å². The molecule has 35 heavy (non-hydrogen) atoms. The molecule has 13 heteroatoms. The minimum Gasteiger partial charge on any atom is -0.490 e. The molecule has 1 aromatic carbocycles. The van der Waals surface area contributed by atoms with Crippen molar-refractivity contribution in [2.75, 3.05) is 32.7 Å². The van der Waals surface area contributed by atoms with E-state index in [2.05, 4.69) is 20.9 Å². The zero-order chi connectivity index (χ0) is 24.1. The number of rotatable bonds is 6. The Balaban J connectivity index is 0.00000342. The third kappa shape index (κ3) is 7.07. The molecule has 2 N–H and O–H groups in total. The summed E-state index contributed by atoms with van der Waals surface area (Å²) in [6.45, 7) is 2.51. The van der Waals surface area contributed by atoms with E-state index in [0.717, 1.165) is 38.1 Å². The normalized spacial score (nSPS) is 17.5. The molecule has 0 atom stereocenters. The average molecular weight is 517 g/mol. The lowest BCUT2D eigenvalue weighted by Gasteiger charge is -2.32. The van der Waals surface area contributed by atoms with Crippen LogP contribution in [0.25, 0.3) is 0 Å². The van der Waals surface area contributed by atoms with Gasteiger partial charge in [-0.2, -0.15) is 13.2 Å². The molecule has 2 aliphatic heterocycles. The molecule has 9 nitrogen and oxygen atoms in total. The molecule has 2 fully saturated rings. The predicted molar refractivity (Wildman–Crippen MR) is 122 cm³/mol. The van der Waals surface area contributed by atoms with Gasteiger partial charge in [-0.3, -0.25) is 9.59 Å². The van der Waals surface area contributed by atoms with Crippen LogP contribution in [0.4, 0.5) is 13.2 Å². The van der Waals surface area contributed by atoms with Gasteiger partial charge in [0.25, 0.3) is 5.91 Å². The molecule has 0 radical (unpaired) electrons. The van der Waals surface area contributed by atoms with E-state index >= 15 is 0 Å². The van der Waals surface area contributed by atoms with Crippen LogP contribution in [0.5, 0.6) is 5.75 Å². The van der Waals surface area contributed by atoms with E-state index < -0.39 is 17.6 Å². The van der Waals surface area contributed by atoms with Gasteiger partial charge in [-0.15, -0.1) is 17.5 Å². The fraction of sp³-hybridized carbons (Fsp3) is 0.545. The number of benzene rings is 1. The Morgan fingerprint density at radius 1 is 1.09 bits per heavy atom. The van der Waals surface area contributed by atoms with Gasteiger partial charge >= 0.3 is 6.18 Å². The maximum atomic E-state index is 12.7. The fourth-order valence-corrected chi connectivity index (χ4v) is 4.13. The van der Waals surface area contributed by atoms with Crippen molar-refractivity contribution in [1.29, 1.82) is 0 Å². The summed E-state index contributed by atoms with van der Waals surface area (Å²) in [4.78, 5) is 26.5. The van der Waals surface area contributed by atoms with Crippen molar-refractivity contribution in [3.05, 3.63) is 41.7 Å². The number of carbonyl (C=O) groups excluding carboxylic acids is 2. The third-order valence-corrected chi connectivity index (χ3v) is 6.10. The van der Waals surface area contributed by atoms with Crippen LogP contribution in [-0.2, 0) is 11.0 Å². The number of hydrogen-bond acceptors (Lipinski definition) is 6. The number of nitrogens with one attached hydrogen (secondary N) is 2. The van der Waals surface area contributed by atoms with Crippen LogP contribution < -0.4 is 15.4 Å². The zero-order valence-corrected chi connectivity index (χ0v) is 19.8. The van der Waals surface area contributed by atoms with Crippen LogP contribution in [0.1, 0.15) is 47.8 Å². The van der Waals surface area contributed by atoms with E-state index in [0.29, 0.717) is 31.7 Å². The summed E-state index contributed by atoms with van der Waals surface area (Å²) >= 11 is 0. The second kappa shape index (κ2) is 11.7. The first-order valence-electron chi connectivity index (χ1n) is 11.3. The number of likely N-dealkylation sites (tertiary alicyclic amines) is 1. The third-order valence-electron chi connectivity index (χ3n) is 6.10. The van der Waals surface area contributed by atoms with Gasteiger partial charge in [-0.1, -0.05) is 5.21 Å². The van der Waals surface area contributed by atoms with Crippen molar-refractivity contribution in [3.63, 3.8) is 0 Å². The van der Waals surface area contributed by atoms with Crippen LogP contribution >= 0.6 is 12.4 Å². The van der Waals surface area contributed by atoms with Crippen molar-refractivity contribution in [1.82, 2.24) is 30.5 Å². The lowest BCUT2D eigenvalue weighted by molar-refractivity contribution is -0.137. The molecule has 1 aromatic heterocycles. The smallest absolute Gasteiger partial charge is 0.416 e. The lowest BCUT2D eigenvalue weighted by atomic mass is 10.1. The largest absolute Gasteiger partial charge is 0.490 e. The van der Waals surface area contributed by atoms with Crippen LogP contribution in [-0.4, -0.2) is 70.5 Å². The highest BCUT2D eigenvalue weighted by Gasteiger charge is 2.30. The number of alkyl halides is 3. The summed E-state index contributed by atoms with van der Waals surface area (Å²) in [5, 5.41) is 13.8.